The first kappa shape index (κ1) is 15.0. The summed E-state index contributed by atoms with van der Waals surface area (Å²) >= 11 is 11.9. The van der Waals surface area contributed by atoms with Gasteiger partial charge in [-0.25, -0.2) is 0 Å². The summed E-state index contributed by atoms with van der Waals surface area (Å²) in [5.74, 6) is 0. The number of anilines is 2. The summed E-state index contributed by atoms with van der Waals surface area (Å²) in [7, 11) is 0. The Balaban J connectivity index is 0.00000162. The molecule has 0 fully saturated rings. The lowest BCUT2D eigenvalue weighted by atomic mass is 10.0. The van der Waals surface area contributed by atoms with Crippen LogP contribution in [0.4, 0.5) is 11.4 Å². The van der Waals surface area contributed by atoms with Crippen molar-refractivity contribution in [2.45, 2.75) is 6.42 Å². The maximum absolute atomic E-state index is 5.97. The Morgan fingerprint density at radius 1 is 0.778 bits per heavy atom. The van der Waals surface area contributed by atoms with Gasteiger partial charge in [-0.05, 0) is 41.8 Å². The van der Waals surface area contributed by atoms with Gasteiger partial charge in [0, 0.05) is 0 Å². The second-order valence-corrected chi connectivity index (χ2v) is 4.70. The minimum absolute atomic E-state index is 0. The van der Waals surface area contributed by atoms with Gasteiger partial charge in [0.25, 0.3) is 0 Å². The molecule has 0 heterocycles. The van der Waals surface area contributed by atoms with E-state index in [1.54, 1.807) is 12.1 Å². The molecule has 0 bridgehead atoms. The lowest BCUT2D eigenvalue weighted by molar-refractivity contribution is 1.19. The van der Waals surface area contributed by atoms with Crippen LogP contribution in [0.25, 0.3) is 0 Å². The zero-order valence-corrected chi connectivity index (χ0v) is 11.8. The molecule has 0 aliphatic heterocycles. The van der Waals surface area contributed by atoms with Crippen LogP contribution in [0.15, 0.2) is 36.4 Å². The van der Waals surface area contributed by atoms with Crippen molar-refractivity contribution in [3.05, 3.63) is 57.6 Å². The largest absolute Gasteiger partial charge is 0.398 e. The van der Waals surface area contributed by atoms with E-state index in [0.29, 0.717) is 21.4 Å². The predicted molar refractivity (Wildman–Crippen MR) is 81.8 cm³/mol. The molecule has 2 aromatic carbocycles. The van der Waals surface area contributed by atoms with Crippen LogP contribution in [-0.2, 0) is 6.42 Å². The molecule has 0 saturated carbocycles. The fraction of sp³-hybridized carbons (Fsp3) is 0.0769. The highest BCUT2D eigenvalue weighted by molar-refractivity contribution is 6.33. The van der Waals surface area contributed by atoms with Crippen molar-refractivity contribution < 1.29 is 0 Å². The molecule has 2 rings (SSSR count). The molecular formula is C13H13Cl3N2. The van der Waals surface area contributed by atoms with Crippen molar-refractivity contribution >= 4 is 47.0 Å². The van der Waals surface area contributed by atoms with Crippen molar-refractivity contribution in [3.63, 3.8) is 0 Å². The quantitative estimate of drug-likeness (QED) is 0.818. The van der Waals surface area contributed by atoms with Gasteiger partial charge in [-0.2, -0.15) is 0 Å². The van der Waals surface area contributed by atoms with Gasteiger partial charge in [0.2, 0.25) is 0 Å². The van der Waals surface area contributed by atoms with E-state index in [0.717, 1.165) is 17.5 Å². The first-order valence-corrected chi connectivity index (χ1v) is 5.89. The van der Waals surface area contributed by atoms with E-state index in [2.05, 4.69) is 0 Å². The van der Waals surface area contributed by atoms with Gasteiger partial charge in [0.1, 0.15) is 0 Å². The van der Waals surface area contributed by atoms with Crippen LogP contribution in [-0.4, -0.2) is 0 Å². The monoisotopic (exact) mass is 302 g/mol. The number of hydrogen-bond acceptors (Lipinski definition) is 2. The smallest absolute Gasteiger partial charge is 0.0638 e. The van der Waals surface area contributed by atoms with E-state index in [9.17, 15) is 0 Å². The van der Waals surface area contributed by atoms with Crippen LogP contribution >= 0.6 is 35.6 Å². The second-order valence-electron chi connectivity index (χ2n) is 3.89. The topological polar surface area (TPSA) is 52.0 Å². The molecule has 0 unspecified atom stereocenters. The Morgan fingerprint density at radius 3 is 1.50 bits per heavy atom. The number of halogens is 3. The Hall–Kier alpha value is -1.09. The molecule has 2 nitrogen and oxygen atoms in total. The highest BCUT2D eigenvalue weighted by Gasteiger charge is 2.02. The molecule has 0 saturated heterocycles. The van der Waals surface area contributed by atoms with Gasteiger partial charge in [-0.15, -0.1) is 12.4 Å². The van der Waals surface area contributed by atoms with Crippen molar-refractivity contribution in [1.82, 2.24) is 0 Å². The molecule has 0 atom stereocenters. The van der Waals surface area contributed by atoms with Crippen molar-refractivity contribution in [2.24, 2.45) is 0 Å². The number of nitrogens with two attached hydrogens (primary N) is 2. The van der Waals surface area contributed by atoms with Crippen molar-refractivity contribution in [1.29, 1.82) is 0 Å². The first-order valence-electron chi connectivity index (χ1n) is 5.14. The van der Waals surface area contributed by atoms with Gasteiger partial charge in [-0.1, -0.05) is 35.3 Å². The summed E-state index contributed by atoms with van der Waals surface area (Å²) in [6, 6.07) is 11.2. The van der Waals surface area contributed by atoms with Crippen LogP contribution in [0.3, 0.4) is 0 Å². The summed E-state index contributed by atoms with van der Waals surface area (Å²) in [6.45, 7) is 0. The lowest BCUT2D eigenvalue weighted by Gasteiger charge is -2.06. The number of nitrogen functional groups attached to an aromatic ring is 2. The summed E-state index contributed by atoms with van der Waals surface area (Å²) < 4.78 is 0. The SMILES string of the molecule is Cl.Nc1ccc(Cc2ccc(N)c(Cl)c2)cc1Cl. The van der Waals surface area contributed by atoms with E-state index in [4.69, 9.17) is 34.7 Å². The summed E-state index contributed by atoms with van der Waals surface area (Å²) in [4.78, 5) is 0. The summed E-state index contributed by atoms with van der Waals surface area (Å²) in [5, 5.41) is 1.15. The molecule has 0 aliphatic rings. The molecule has 18 heavy (non-hydrogen) atoms. The third-order valence-corrected chi connectivity index (χ3v) is 3.19. The van der Waals surface area contributed by atoms with E-state index < -0.39 is 0 Å². The average molecular weight is 304 g/mol. The molecule has 0 amide bonds. The number of benzene rings is 2. The first-order chi connectivity index (χ1) is 8.06. The van der Waals surface area contributed by atoms with Gasteiger partial charge in [0.15, 0.2) is 0 Å². The predicted octanol–water partition coefficient (Wildman–Crippen LogP) is 4.17. The molecule has 96 valence electrons. The number of hydrogen-bond donors (Lipinski definition) is 2. The zero-order chi connectivity index (χ0) is 12.4. The molecule has 5 heteroatoms. The minimum atomic E-state index is 0. The Kier molecular flexibility index (Phi) is 5.15. The molecule has 0 aromatic heterocycles. The fourth-order valence-electron chi connectivity index (χ4n) is 1.60. The van der Waals surface area contributed by atoms with E-state index in [-0.39, 0.29) is 12.4 Å². The highest BCUT2D eigenvalue weighted by Crippen LogP contribution is 2.24. The highest BCUT2D eigenvalue weighted by atomic mass is 35.5. The maximum Gasteiger partial charge on any atom is 0.0638 e. The van der Waals surface area contributed by atoms with E-state index in [1.807, 2.05) is 24.3 Å². The Labute approximate surface area is 122 Å². The Bertz CT molecular complexity index is 506. The zero-order valence-electron chi connectivity index (χ0n) is 9.49. The second kappa shape index (κ2) is 6.19. The van der Waals surface area contributed by atoms with Crippen LogP contribution in [0.2, 0.25) is 10.0 Å². The summed E-state index contributed by atoms with van der Waals surface area (Å²) in [6.07, 6.45) is 0.750. The fourth-order valence-corrected chi connectivity index (χ4v) is 2.00. The molecular weight excluding hydrogens is 291 g/mol. The standard InChI is InChI=1S/C13H12Cl2N2.ClH/c14-10-6-8(1-3-12(10)16)5-9-2-4-13(17)11(15)7-9;/h1-4,6-7H,5,16-17H2;1H. The van der Waals surface area contributed by atoms with Crippen LogP contribution < -0.4 is 11.5 Å². The van der Waals surface area contributed by atoms with Crippen LogP contribution in [0, 0.1) is 0 Å². The summed E-state index contributed by atoms with van der Waals surface area (Å²) in [5.41, 5.74) is 14.7. The van der Waals surface area contributed by atoms with E-state index >= 15 is 0 Å². The molecule has 4 N–H and O–H groups in total. The van der Waals surface area contributed by atoms with Crippen molar-refractivity contribution in [2.75, 3.05) is 11.5 Å². The minimum Gasteiger partial charge on any atom is -0.398 e. The van der Waals surface area contributed by atoms with Gasteiger partial charge < -0.3 is 11.5 Å². The normalized spacial score (nSPS) is 9.89. The van der Waals surface area contributed by atoms with Gasteiger partial charge >= 0.3 is 0 Å². The van der Waals surface area contributed by atoms with Crippen molar-refractivity contribution in [3.8, 4) is 0 Å². The third-order valence-electron chi connectivity index (χ3n) is 2.54. The Morgan fingerprint density at radius 2 is 1.17 bits per heavy atom. The average Bonchev–Trinajstić information content (AvgIpc) is 2.29. The van der Waals surface area contributed by atoms with Crippen LogP contribution in [0.1, 0.15) is 11.1 Å². The molecule has 2 aromatic rings. The molecule has 0 aliphatic carbocycles. The lowest BCUT2D eigenvalue weighted by Crippen LogP contribution is -1.93. The third kappa shape index (κ3) is 3.45. The number of rotatable bonds is 2. The molecule has 0 spiro atoms. The van der Waals surface area contributed by atoms with E-state index in [1.165, 1.54) is 0 Å². The molecule has 0 radical (unpaired) electrons. The van der Waals surface area contributed by atoms with Gasteiger partial charge in [0.05, 0.1) is 21.4 Å². The van der Waals surface area contributed by atoms with Gasteiger partial charge in [-0.3, -0.25) is 0 Å². The maximum atomic E-state index is 5.97. The van der Waals surface area contributed by atoms with Crippen LogP contribution in [0.5, 0.6) is 0 Å².